The monoisotopic (exact) mass is 436 g/mol. The minimum atomic E-state index is -4.46. The summed E-state index contributed by atoms with van der Waals surface area (Å²) >= 11 is 0. The molecule has 1 aliphatic rings. The van der Waals surface area contributed by atoms with Crippen LogP contribution in [0.1, 0.15) is 22.5 Å². The van der Waals surface area contributed by atoms with Gasteiger partial charge < -0.3 is 10.6 Å². The highest BCUT2D eigenvalue weighted by atomic mass is 19.4. The van der Waals surface area contributed by atoms with E-state index in [1.54, 1.807) is 7.05 Å². The second-order valence-corrected chi connectivity index (χ2v) is 6.85. The van der Waals surface area contributed by atoms with E-state index >= 15 is 0 Å². The zero-order valence-electron chi connectivity index (χ0n) is 16.3. The van der Waals surface area contributed by atoms with Gasteiger partial charge in [-0.1, -0.05) is 6.08 Å². The van der Waals surface area contributed by atoms with Gasteiger partial charge in [-0.2, -0.15) is 18.3 Å². The van der Waals surface area contributed by atoms with Gasteiger partial charge in [0.15, 0.2) is 5.69 Å². The summed E-state index contributed by atoms with van der Waals surface area (Å²) in [6.07, 6.45) is -1.60. The molecule has 1 aromatic heterocycles. The van der Waals surface area contributed by atoms with Crippen molar-refractivity contribution in [3.8, 4) is 0 Å². The number of alkyl halides is 3. The molecule has 0 radical (unpaired) electrons. The van der Waals surface area contributed by atoms with Crippen LogP contribution in [0.3, 0.4) is 0 Å². The SMILES string of the molecule is C=CC1(C(=O)NNC(=O)c2nn(C)cc2Nc2ccc(C(F)(F)F)cc2)CCNC1=O. The van der Waals surface area contributed by atoms with Crippen LogP contribution >= 0.6 is 0 Å². The van der Waals surface area contributed by atoms with Crippen molar-refractivity contribution >= 4 is 29.1 Å². The summed E-state index contributed by atoms with van der Waals surface area (Å²) in [5.74, 6) is -2.06. The molecule has 0 spiro atoms. The van der Waals surface area contributed by atoms with E-state index in [0.29, 0.717) is 12.2 Å². The first-order valence-electron chi connectivity index (χ1n) is 9.07. The summed E-state index contributed by atoms with van der Waals surface area (Å²) in [6, 6.07) is 4.23. The van der Waals surface area contributed by atoms with E-state index in [-0.39, 0.29) is 17.8 Å². The molecule has 1 aromatic carbocycles. The molecular formula is C19H19F3N6O3. The van der Waals surface area contributed by atoms with Gasteiger partial charge in [-0.05, 0) is 30.7 Å². The number of rotatable bonds is 5. The zero-order valence-corrected chi connectivity index (χ0v) is 16.3. The molecule has 1 atom stereocenters. The van der Waals surface area contributed by atoms with Gasteiger partial charge in [0.1, 0.15) is 5.41 Å². The number of nitrogens with one attached hydrogen (secondary N) is 4. The van der Waals surface area contributed by atoms with Gasteiger partial charge in [-0.3, -0.25) is 29.9 Å². The molecule has 31 heavy (non-hydrogen) atoms. The molecule has 0 bridgehead atoms. The summed E-state index contributed by atoms with van der Waals surface area (Å²) < 4.78 is 39.4. The Morgan fingerprint density at radius 2 is 1.94 bits per heavy atom. The average Bonchev–Trinajstić information content (AvgIpc) is 3.28. The maximum absolute atomic E-state index is 12.7. The molecular weight excluding hydrogens is 417 g/mol. The fourth-order valence-electron chi connectivity index (χ4n) is 3.08. The fourth-order valence-corrected chi connectivity index (χ4v) is 3.08. The Bertz CT molecular complexity index is 1030. The molecule has 1 unspecified atom stereocenters. The number of benzene rings is 1. The molecule has 164 valence electrons. The lowest BCUT2D eigenvalue weighted by Gasteiger charge is -2.20. The van der Waals surface area contributed by atoms with Gasteiger partial charge in [0, 0.05) is 25.5 Å². The Morgan fingerprint density at radius 1 is 1.26 bits per heavy atom. The van der Waals surface area contributed by atoms with Crippen molar-refractivity contribution < 1.29 is 27.6 Å². The lowest BCUT2D eigenvalue weighted by Crippen LogP contribution is -2.51. The quantitative estimate of drug-likeness (QED) is 0.323. The largest absolute Gasteiger partial charge is 0.416 e. The molecule has 2 heterocycles. The third-order valence-electron chi connectivity index (χ3n) is 4.79. The number of carbonyl (C=O) groups excluding carboxylic acids is 3. The van der Waals surface area contributed by atoms with E-state index in [1.165, 1.54) is 29.1 Å². The van der Waals surface area contributed by atoms with Crippen LogP contribution in [0.5, 0.6) is 0 Å². The van der Waals surface area contributed by atoms with Crippen LogP contribution in [-0.4, -0.2) is 34.0 Å². The number of aryl methyl sites for hydroxylation is 1. The number of hydrogen-bond donors (Lipinski definition) is 4. The lowest BCUT2D eigenvalue weighted by molar-refractivity contribution is -0.139. The van der Waals surface area contributed by atoms with Crippen molar-refractivity contribution in [1.29, 1.82) is 0 Å². The molecule has 9 nitrogen and oxygen atoms in total. The Morgan fingerprint density at radius 3 is 2.48 bits per heavy atom. The predicted molar refractivity (Wildman–Crippen MR) is 104 cm³/mol. The van der Waals surface area contributed by atoms with E-state index in [9.17, 15) is 27.6 Å². The van der Waals surface area contributed by atoms with E-state index in [0.717, 1.165) is 12.1 Å². The second-order valence-electron chi connectivity index (χ2n) is 6.85. The highest BCUT2D eigenvalue weighted by Crippen LogP contribution is 2.31. The normalized spacial score (nSPS) is 18.3. The van der Waals surface area contributed by atoms with Crippen LogP contribution in [0.15, 0.2) is 43.1 Å². The highest BCUT2D eigenvalue weighted by Gasteiger charge is 2.46. The van der Waals surface area contributed by atoms with E-state index in [2.05, 4.69) is 33.2 Å². The fraction of sp³-hybridized carbons (Fsp3) is 0.263. The third kappa shape index (κ3) is 4.37. The number of nitrogens with zero attached hydrogens (tertiary/aromatic N) is 2. The van der Waals surface area contributed by atoms with Crippen molar-refractivity contribution in [3.63, 3.8) is 0 Å². The standard InChI is InChI=1S/C19H19F3N6O3/c1-3-18(8-9-23-16(18)30)17(31)26-25-15(29)14-13(10-28(2)27-14)24-12-6-4-11(5-7-12)19(20,21)22/h3-7,10,24H,1,8-9H2,2H3,(H,23,30)(H,25,29)(H,26,31). The molecule has 3 rings (SSSR count). The van der Waals surface area contributed by atoms with E-state index in [4.69, 9.17) is 0 Å². The van der Waals surface area contributed by atoms with Crippen LogP contribution in [0.4, 0.5) is 24.5 Å². The zero-order chi connectivity index (χ0) is 22.8. The van der Waals surface area contributed by atoms with Crippen LogP contribution in [0.2, 0.25) is 0 Å². The van der Waals surface area contributed by atoms with Crippen LogP contribution in [0.25, 0.3) is 0 Å². The number of hydrazine groups is 1. The molecule has 0 aliphatic carbocycles. The molecule has 1 fully saturated rings. The van der Waals surface area contributed by atoms with Gasteiger partial charge in [-0.25, -0.2) is 0 Å². The summed E-state index contributed by atoms with van der Waals surface area (Å²) in [5.41, 5.74) is 2.47. The molecule has 0 saturated carbocycles. The van der Waals surface area contributed by atoms with Gasteiger partial charge in [0.05, 0.1) is 11.3 Å². The first-order chi connectivity index (χ1) is 14.6. The van der Waals surface area contributed by atoms with Gasteiger partial charge >= 0.3 is 6.18 Å². The first kappa shape index (κ1) is 21.9. The van der Waals surface area contributed by atoms with Crippen LogP contribution in [0, 0.1) is 5.41 Å². The smallest absolute Gasteiger partial charge is 0.355 e. The molecule has 2 aromatic rings. The Kier molecular flexibility index (Phi) is 5.73. The molecule has 1 aliphatic heterocycles. The molecule has 3 amide bonds. The van der Waals surface area contributed by atoms with Crippen molar-refractivity contribution in [3.05, 3.63) is 54.4 Å². The Hall–Kier alpha value is -3.83. The predicted octanol–water partition coefficient (Wildman–Crippen LogP) is 1.64. The third-order valence-corrected chi connectivity index (χ3v) is 4.79. The van der Waals surface area contributed by atoms with Crippen molar-refractivity contribution in [2.24, 2.45) is 12.5 Å². The number of halogens is 3. The number of aromatic nitrogens is 2. The molecule has 4 N–H and O–H groups in total. The minimum absolute atomic E-state index is 0.119. The molecule has 12 heteroatoms. The maximum Gasteiger partial charge on any atom is 0.416 e. The molecule has 1 saturated heterocycles. The van der Waals surface area contributed by atoms with Crippen LogP contribution < -0.4 is 21.5 Å². The van der Waals surface area contributed by atoms with Gasteiger partial charge in [-0.15, -0.1) is 6.58 Å². The van der Waals surface area contributed by atoms with Crippen LogP contribution in [-0.2, 0) is 22.8 Å². The minimum Gasteiger partial charge on any atom is -0.355 e. The van der Waals surface area contributed by atoms with Gasteiger partial charge in [0.25, 0.3) is 11.8 Å². The Labute approximate surface area is 174 Å². The number of hydrogen-bond acceptors (Lipinski definition) is 5. The summed E-state index contributed by atoms with van der Waals surface area (Å²) in [4.78, 5) is 37.0. The number of carbonyl (C=O) groups is 3. The number of anilines is 2. The lowest BCUT2D eigenvalue weighted by atomic mass is 9.86. The summed E-state index contributed by atoms with van der Waals surface area (Å²) in [6.45, 7) is 3.83. The van der Waals surface area contributed by atoms with Crippen molar-refractivity contribution in [2.45, 2.75) is 12.6 Å². The number of amides is 3. The highest BCUT2D eigenvalue weighted by molar-refractivity contribution is 6.09. The summed E-state index contributed by atoms with van der Waals surface area (Å²) in [7, 11) is 1.54. The van der Waals surface area contributed by atoms with Crippen molar-refractivity contribution in [2.75, 3.05) is 11.9 Å². The topological polar surface area (TPSA) is 117 Å². The summed E-state index contributed by atoms with van der Waals surface area (Å²) in [5, 5.41) is 9.35. The van der Waals surface area contributed by atoms with E-state index < -0.39 is 34.9 Å². The average molecular weight is 436 g/mol. The van der Waals surface area contributed by atoms with Gasteiger partial charge in [0.2, 0.25) is 5.91 Å². The van der Waals surface area contributed by atoms with E-state index in [1.807, 2.05) is 0 Å². The Balaban J connectivity index is 1.71. The maximum atomic E-state index is 12.7. The first-order valence-corrected chi connectivity index (χ1v) is 9.07. The van der Waals surface area contributed by atoms with Crippen molar-refractivity contribution in [1.82, 2.24) is 25.9 Å². The second kappa shape index (κ2) is 8.13.